The van der Waals surface area contributed by atoms with Crippen molar-refractivity contribution < 1.29 is 19.1 Å². The van der Waals surface area contributed by atoms with Crippen LogP contribution in [0.3, 0.4) is 0 Å². The maximum atomic E-state index is 13.4. The Hall–Kier alpha value is -3.02. The van der Waals surface area contributed by atoms with Crippen LogP contribution in [0.4, 0.5) is 0 Å². The lowest BCUT2D eigenvalue weighted by atomic mass is 9.99. The van der Waals surface area contributed by atoms with Crippen LogP contribution in [0, 0.1) is 0 Å². The third-order valence-corrected chi connectivity index (χ3v) is 5.44. The molecule has 2 aromatic rings. The number of nitrogens with one attached hydrogen (secondary N) is 1. The number of carbonyl (C=O) groups excluding carboxylic acids is 2. The van der Waals surface area contributed by atoms with Gasteiger partial charge in [-0.1, -0.05) is 36.4 Å². The van der Waals surface area contributed by atoms with E-state index in [1.165, 1.54) is 0 Å². The van der Waals surface area contributed by atoms with Crippen molar-refractivity contribution >= 4 is 11.8 Å². The molecule has 2 aromatic carbocycles. The highest BCUT2D eigenvalue weighted by atomic mass is 16.5. The lowest BCUT2D eigenvalue weighted by Gasteiger charge is -2.34. The van der Waals surface area contributed by atoms with Gasteiger partial charge in [0.2, 0.25) is 11.8 Å². The van der Waals surface area contributed by atoms with Gasteiger partial charge in [-0.2, -0.15) is 0 Å². The molecule has 0 aliphatic carbocycles. The average Bonchev–Trinajstić information content (AvgIpc) is 2.76. The summed E-state index contributed by atoms with van der Waals surface area (Å²) in [7, 11) is 1.60. The topological polar surface area (TPSA) is 67.9 Å². The molecule has 1 saturated heterocycles. The van der Waals surface area contributed by atoms with Gasteiger partial charge in [0.15, 0.2) is 11.5 Å². The van der Waals surface area contributed by atoms with Crippen LogP contribution in [0.25, 0.3) is 0 Å². The van der Waals surface area contributed by atoms with Crippen LogP contribution in [0.2, 0.25) is 0 Å². The van der Waals surface area contributed by atoms with Gasteiger partial charge in [0.1, 0.15) is 6.04 Å². The molecule has 0 spiro atoms. The molecule has 0 bridgehead atoms. The van der Waals surface area contributed by atoms with E-state index in [0.29, 0.717) is 24.5 Å². The number of hydrogen-bond donors (Lipinski definition) is 1. The number of ether oxygens (including phenoxy) is 2. The fourth-order valence-corrected chi connectivity index (χ4v) is 3.89. The first-order chi connectivity index (χ1) is 14.9. The molecule has 1 heterocycles. The van der Waals surface area contributed by atoms with E-state index in [1.54, 1.807) is 12.0 Å². The summed E-state index contributed by atoms with van der Waals surface area (Å²) in [4.78, 5) is 27.7. The van der Waals surface area contributed by atoms with Gasteiger partial charge in [-0.05, 0) is 56.9 Å². The minimum absolute atomic E-state index is 0.0276. The second-order valence-corrected chi connectivity index (χ2v) is 8.16. The molecule has 1 fully saturated rings. The van der Waals surface area contributed by atoms with Crippen LogP contribution < -0.4 is 14.8 Å². The Morgan fingerprint density at radius 3 is 2.39 bits per heavy atom. The van der Waals surface area contributed by atoms with E-state index < -0.39 is 6.04 Å². The molecule has 1 aliphatic rings. The lowest BCUT2D eigenvalue weighted by Crippen LogP contribution is -2.46. The van der Waals surface area contributed by atoms with Crippen molar-refractivity contribution in [2.45, 2.75) is 58.2 Å². The molecular weight excluding hydrogens is 392 g/mol. The van der Waals surface area contributed by atoms with E-state index in [9.17, 15) is 9.59 Å². The summed E-state index contributed by atoms with van der Waals surface area (Å²) < 4.78 is 11.3. The Balaban J connectivity index is 1.82. The Morgan fingerprint density at radius 1 is 1.00 bits per heavy atom. The molecule has 2 amide bonds. The van der Waals surface area contributed by atoms with Gasteiger partial charge in [-0.15, -0.1) is 0 Å². The standard InChI is InChI=1S/C25H32N2O4/c1-17(2)31-21-14-13-20(16-22(21)30-4)18(3)26-25(29)24(19-10-6-5-7-11-19)27-15-9-8-12-23(27)28/h5-7,10-11,13-14,16-18,24H,8-9,12,15H2,1-4H3,(H,26,29). The Bertz CT molecular complexity index is 898. The minimum atomic E-state index is -0.637. The molecule has 3 rings (SSSR count). The zero-order valence-electron chi connectivity index (χ0n) is 18.8. The minimum Gasteiger partial charge on any atom is -0.493 e. The number of rotatable bonds is 8. The molecule has 31 heavy (non-hydrogen) atoms. The van der Waals surface area contributed by atoms with Crippen LogP contribution in [0.1, 0.15) is 63.2 Å². The summed E-state index contributed by atoms with van der Waals surface area (Å²) in [6.07, 6.45) is 2.30. The molecule has 6 nitrogen and oxygen atoms in total. The maximum Gasteiger partial charge on any atom is 0.247 e. The van der Waals surface area contributed by atoms with Crippen LogP contribution in [0.5, 0.6) is 11.5 Å². The first-order valence-corrected chi connectivity index (χ1v) is 10.9. The highest BCUT2D eigenvalue weighted by Gasteiger charge is 2.33. The third-order valence-electron chi connectivity index (χ3n) is 5.44. The predicted molar refractivity (Wildman–Crippen MR) is 120 cm³/mol. The van der Waals surface area contributed by atoms with Gasteiger partial charge in [0.25, 0.3) is 0 Å². The number of amides is 2. The van der Waals surface area contributed by atoms with Crippen molar-refractivity contribution in [1.29, 1.82) is 0 Å². The van der Waals surface area contributed by atoms with Gasteiger partial charge in [0.05, 0.1) is 19.3 Å². The van der Waals surface area contributed by atoms with E-state index in [1.807, 2.05) is 69.3 Å². The van der Waals surface area contributed by atoms with E-state index in [0.717, 1.165) is 24.0 Å². The van der Waals surface area contributed by atoms with Crippen molar-refractivity contribution in [1.82, 2.24) is 10.2 Å². The van der Waals surface area contributed by atoms with Crippen LogP contribution in [-0.2, 0) is 9.59 Å². The SMILES string of the molecule is COc1cc(C(C)NC(=O)C(c2ccccc2)N2CCCCC2=O)ccc1OC(C)C. The number of methoxy groups -OCH3 is 1. The van der Waals surface area contributed by atoms with E-state index >= 15 is 0 Å². The zero-order chi connectivity index (χ0) is 22.4. The monoisotopic (exact) mass is 424 g/mol. The van der Waals surface area contributed by atoms with Crippen LogP contribution >= 0.6 is 0 Å². The molecule has 0 aromatic heterocycles. The molecule has 2 atom stereocenters. The fraction of sp³-hybridized carbons (Fsp3) is 0.440. The van der Waals surface area contributed by atoms with Crippen molar-refractivity contribution in [2.24, 2.45) is 0 Å². The van der Waals surface area contributed by atoms with Crippen molar-refractivity contribution in [3.8, 4) is 11.5 Å². The quantitative estimate of drug-likeness (QED) is 0.681. The van der Waals surface area contributed by atoms with Gasteiger partial charge in [0, 0.05) is 13.0 Å². The third kappa shape index (κ3) is 5.57. The first-order valence-electron chi connectivity index (χ1n) is 10.9. The van der Waals surface area contributed by atoms with Crippen LogP contribution in [-0.4, -0.2) is 36.5 Å². The van der Waals surface area contributed by atoms with Crippen molar-refractivity contribution in [3.05, 3.63) is 59.7 Å². The predicted octanol–water partition coefficient (Wildman–Crippen LogP) is 4.41. The van der Waals surface area contributed by atoms with Gasteiger partial charge in [-0.25, -0.2) is 0 Å². The highest BCUT2D eigenvalue weighted by Crippen LogP contribution is 2.32. The second-order valence-electron chi connectivity index (χ2n) is 8.16. The first kappa shape index (κ1) is 22.7. The number of likely N-dealkylation sites (tertiary alicyclic amines) is 1. The average molecular weight is 425 g/mol. The second kappa shape index (κ2) is 10.3. The van der Waals surface area contributed by atoms with Crippen molar-refractivity contribution in [3.63, 3.8) is 0 Å². The lowest BCUT2D eigenvalue weighted by molar-refractivity contribution is -0.143. The number of carbonyl (C=O) groups is 2. The molecule has 0 saturated carbocycles. The molecule has 2 unspecified atom stereocenters. The van der Waals surface area contributed by atoms with E-state index in [-0.39, 0.29) is 24.0 Å². The summed E-state index contributed by atoms with van der Waals surface area (Å²) in [5.41, 5.74) is 1.72. The largest absolute Gasteiger partial charge is 0.493 e. The molecule has 6 heteroatoms. The Kier molecular flexibility index (Phi) is 7.55. The molecule has 166 valence electrons. The summed E-state index contributed by atoms with van der Waals surface area (Å²) >= 11 is 0. The normalized spacial score (nSPS) is 16.0. The van der Waals surface area contributed by atoms with E-state index in [2.05, 4.69) is 5.32 Å². The molecule has 1 aliphatic heterocycles. The summed E-state index contributed by atoms with van der Waals surface area (Å²) in [5, 5.41) is 3.09. The number of nitrogens with zero attached hydrogens (tertiary/aromatic N) is 1. The highest BCUT2D eigenvalue weighted by molar-refractivity contribution is 5.89. The number of piperidine rings is 1. The van der Waals surface area contributed by atoms with Gasteiger partial charge >= 0.3 is 0 Å². The summed E-state index contributed by atoms with van der Waals surface area (Å²) in [6.45, 7) is 6.44. The van der Waals surface area contributed by atoms with Crippen LogP contribution in [0.15, 0.2) is 48.5 Å². The van der Waals surface area contributed by atoms with Gasteiger partial charge in [-0.3, -0.25) is 9.59 Å². The molecule has 1 N–H and O–H groups in total. The van der Waals surface area contributed by atoms with Gasteiger partial charge < -0.3 is 19.7 Å². The fourth-order valence-electron chi connectivity index (χ4n) is 3.89. The Morgan fingerprint density at radius 2 is 1.74 bits per heavy atom. The molecular formula is C25H32N2O4. The van der Waals surface area contributed by atoms with Crippen molar-refractivity contribution in [2.75, 3.05) is 13.7 Å². The summed E-state index contributed by atoms with van der Waals surface area (Å²) in [6, 6.07) is 14.3. The zero-order valence-corrected chi connectivity index (χ0v) is 18.8. The Labute approximate surface area is 184 Å². The summed E-state index contributed by atoms with van der Waals surface area (Å²) in [5.74, 6) is 1.13. The number of benzene rings is 2. The van der Waals surface area contributed by atoms with E-state index in [4.69, 9.17) is 9.47 Å². The number of hydrogen-bond acceptors (Lipinski definition) is 4. The maximum absolute atomic E-state index is 13.4. The molecule has 0 radical (unpaired) electrons. The smallest absolute Gasteiger partial charge is 0.247 e.